The van der Waals surface area contributed by atoms with E-state index in [0.29, 0.717) is 0 Å². The molecule has 0 saturated carbocycles. The molecule has 10 heteroatoms. The number of β-lactam (4-membered cyclic amide) rings is 1. The first kappa shape index (κ1) is 21.5. The number of nitrogens with zero attached hydrogens (tertiary/aromatic N) is 1. The number of amides is 1. The molecule has 2 aliphatic rings. The summed E-state index contributed by atoms with van der Waals surface area (Å²) in [6.07, 6.45) is 0. The topological polar surface area (TPSA) is 84.9 Å². The van der Waals surface area contributed by atoms with Crippen LogP contribution in [-0.2, 0) is 23.5 Å². The number of esters is 1. The predicted octanol–water partition coefficient (Wildman–Crippen LogP) is 1.76. The molecule has 1 N–H and O–H groups in total. The summed E-state index contributed by atoms with van der Waals surface area (Å²) in [4.78, 5) is 42.4. The van der Waals surface area contributed by atoms with Gasteiger partial charge in [-0.05, 0) is 26.6 Å². The van der Waals surface area contributed by atoms with Crippen LogP contribution in [0.3, 0.4) is 0 Å². The van der Waals surface area contributed by atoms with Crippen molar-refractivity contribution >= 4 is 46.2 Å². The van der Waals surface area contributed by atoms with Crippen LogP contribution in [-0.4, -0.2) is 68.1 Å². The highest BCUT2D eigenvalue weighted by Gasteiger charge is 2.63. The number of fused-ring (bicyclic) bond motifs is 1. The average Bonchev–Trinajstić information content (AvgIpc) is 2.43. The van der Waals surface area contributed by atoms with Gasteiger partial charge in [0.05, 0.1) is 11.8 Å². The van der Waals surface area contributed by atoms with Crippen molar-refractivity contribution in [1.82, 2.24) is 9.88 Å². The van der Waals surface area contributed by atoms with Gasteiger partial charge in [0.15, 0.2) is 0 Å². The second-order valence-electron chi connectivity index (χ2n) is 8.99. The maximum Gasteiger partial charge on any atom is 0.340 e. The molecule has 2 fully saturated rings. The average molecular weight is 419 g/mol. The SMILES string of the molecule is CC(=O)OC1(C(=O)O[Si](C)(C)C)CN2C(=O)C(N[Si](C)(C)C)[C@H]2SC1C. The van der Waals surface area contributed by atoms with Gasteiger partial charge in [-0.2, -0.15) is 0 Å². The molecule has 3 unspecified atom stereocenters. The molecule has 0 spiro atoms. The third kappa shape index (κ3) is 4.34. The fourth-order valence-electron chi connectivity index (χ4n) is 3.15. The zero-order chi connectivity index (χ0) is 20.1. The highest BCUT2D eigenvalue weighted by molar-refractivity contribution is 8.00. The summed E-state index contributed by atoms with van der Waals surface area (Å²) in [7, 11) is -3.80. The van der Waals surface area contributed by atoms with E-state index >= 15 is 0 Å². The summed E-state index contributed by atoms with van der Waals surface area (Å²) in [5, 5.41) is -0.358. The first-order chi connectivity index (χ1) is 11.7. The quantitative estimate of drug-likeness (QED) is 0.414. The maximum absolute atomic E-state index is 13.0. The first-order valence-electron chi connectivity index (χ1n) is 8.83. The summed E-state index contributed by atoms with van der Waals surface area (Å²) >= 11 is 1.49. The smallest absolute Gasteiger partial charge is 0.340 e. The molecule has 0 aliphatic carbocycles. The highest BCUT2D eigenvalue weighted by Crippen LogP contribution is 2.45. The Morgan fingerprint density at radius 3 is 2.27 bits per heavy atom. The number of hydrogen-bond donors (Lipinski definition) is 1. The van der Waals surface area contributed by atoms with E-state index in [0.717, 1.165) is 0 Å². The summed E-state index contributed by atoms with van der Waals surface area (Å²) in [5.74, 6) is -1.14. The van der Waals surface area contributed by atoms with Gasteiger partial charge in [0.25, 0.3) is 0 Å². The summed E-state index contributed by atoms with van der Waals surface area (Å²) in [5.41, 5.74) is -1.45. The minimum atomic E-state index is -2.18. The number of rotatable bonds is 5. The van der Waals surface area contributed by atoms with E-state index < -0.39 is 34.1 Å². The molecule has 2 saturated heterocycles. The minimum absolute atomic E-state index is 0.0471. The number of nitrogens with one attached hydrogen (secondary N) is 1. The standard InChI is InChI=1S/C16H30N2O5SSi2/c1-10-16(22-11(2)19,15(21)23-26(6,7)8)9-18-13(20)12(14(18)24-10)17-25(3,4)5/h10,12,14,17H,9H2,1-8H3/t10?,12?,14-,16?/m1/s1. The van der Waals surface area contributed by atoms with Gasteiger partial charge < -0.3 is 19.0 Å². The molecule has 1 amide bonds. The Hall–Kier alpha value is -0.846. The Morgan fingerprint density at radius 1 is 1.23 bits per heavy atom. The Labute approximate surface area is 161 Å². The van der Waals surface area contributed by atoms with Gasteiger partial charge in [0.2, 0.25) is 19.8 Å². The summed E-state index contributed by atoms with van der Waals surface area (Å²) in [6.45, 7) is 15.3. The van der Waals surface area contributed by atoms with Crippen LogP contribution in [0.1, 0.15) is 13.8 Å². The molecule has 148 valence electrons. The largest absolute Gasteiger partial charge is 0.517 e. The van der Waals surface area contributed by atoms with E-state index in [1.165, 1.54) is 18.7 Å². The molecule has 0 aromatic carbocycles. The number of ether oxygens (including phenoxy) is 1. The molecule has 0 aromatic heterocycles. The van der Waals surface area contributed by atoms with Crippen molar-refractivity contribution in [2.24, 2.45) is 0 Å². The van der Waals surface area contributed by atoms with Crippen molar-refractivity contribution in [2.75, 3.05) is 6.54 Å². The van der Waals surface area contributed by atoms with Gasteiger partial charge in [-0.1, -0.05) is 19.6 Å². The van der Waals surface area contributed by atoms with Crippen LogP contribution in [0.4, 0.5) is 0 Å². The number of hydrogen-bond acceptors (Lipinski definition) is 7. The number of carbonyl (C=O) groups excluding carboxylic acids is 3. The van der Waals surface area contributed by atoms with Gasteiger partial charge >= 0.3 is 11.9 Å². The minimum Gasteiger partial charge on any atom is -0.517 e. The summed E-state index contributed by atoms with van der Waals surface area (Å²) < 4.78 is 11.2. The molecule has 7 nitrogen and oxygen atoms in total. The molecule has 2 heterocycles. The van der Waals surface area contributed by atoms with Crippen LogP contribution in [0.25, 0.3) is 0 Å². The molecule has 26 heavy (non-hydrogen) atoms. The Morgan fingerprint density at radius 2 is 1.81 bits per heavy atom. The fourth-order valence-corrected chi connectivity index (χ4v) is 6.74. The fraction of sp³-hybridized carbons (Fsp3) is 0.812. The molecular formula is C16H30N2O5SSi2. The van der Waals surface area contributed by atoms with Crippen LogP contribution in [0.15, 0.2) is 0 Å². The molecule has 0 aromatic rings. The zero-order valence-electron chi connectivity index (χ0n) is 16.8. The predicted molar refractivity (Wildman–Crippen MR) is 107 cm³/mol. The molecule has 2 aliphatic heterocycles. The lowest BCUT2D eigenvalue weighted by atomic mass is 9.95. The van der Waals surface area contributed by atoms with Crippen molar-refractivity contribution in [3.63, 3.8) is 0 Å². The molecule has 4 atom stereocenters. The molecule has 0 radical (unpaired) electrons. The lowest BCUT2D eigenvalue weighted by Crippen LogP contribution is -2.78. The van der Waals surface area contributed by atoms with Crippen molar-refractivity contribution < 1.29 is 23.5 Å². The second kappa shape index (κ2) is 6.95. The van der Waals surface area contributed by atoms with Crippen LogP contribution in [0.5, 0.6) is 0 Å². The summed E-state index contributed by atoms with van der Waals surface area (Å²) in [6, 6.07) is -0.238. The van der Waals surface area contributed by atoms with E-state index in [1.807, 2.05) is 26.6 Å². The van der Waals surface area contributed by atoms with E-state index in [2.05, 4.69) is 24.6 Å². The van der Waals surface area contributed by atoms with Gasteiger partial charge in [-0.25, -0.2) is 4.79 Å². The van der Waals surface area contributed by atoms with E-state index in [1.54, 1.807) is 4.90 Å². The van der Waals surface area contributed by atoms with E-state index in [4.69, 9.17) is 9.16 Å². The van der Waals surface area contributed by atoms with Crippen LogP contribution in [0, 0.1) is 0 Å². The number of carbonyl (C=O) groups is 3. The van der Waals surface area contributed by atoms with Crippen molar-refractivity contribution in [3.05, 3.63) is 0 Å². The third-order valence-electron chi connectivity index (χ3n) is 4.21. The zero-order valence-corrected chi connectivity index (χ0v) is 19.7. The molecular weight excluding hydrogens is 388 g/mol. The van der Waals surface area contributed by atoms with Gasteiger partial charge in [0, 0.05) is 6.92 Å². The van der Waals surface area contributed by atoms with Crippen molar-refractivity contribution in [3.8, 4) is 0 Å². The Kier molecular flexibility index (Phi) is 5.74. The van der Waals surface area contributed by atoms with E-state index in [9.17, 15) is 14.4 Å². The Balaban J connectivity index is 2.26. The lowest BCUT2D eigenvalue weighted by molar-refractivity contribution is -0.183. The molecule has 0 bridgehead atoms. The van der Waals surface area contributed by atoms with Crippen molar-refractivity contribution in [2.45, 2.75) is 75.4 Å². The number of thioether (sulfide) groups is 1. The first-order valence-corrected chi connectivity index (χ1v) is 16.7. The van der Waals surface area contributed by atoms with Crippen molar-refractivity contribution in [1.29, 1.82) is 0 Å². The van der Waals surface area contributed by atoms with Gasteiger partial charge in [-0.15, -0.1) is 11.8 Å². The van der Waals surface area contributed by atoms with Crippen LogP contribution in [0.2, 0.25) is 39.3 Å². The van der Waals surface area contributed by atoms with Gasteiger partial charge in [0.1, 0.15) is 19.7 Å². The monoisotopic (exact) mass is 418 g/mol. The van der Waals surface area contributed by atoms with E-state index in [-0.39, 0.29) is 29.1 Å². The van der Waals surface area contributed by atoms with Crippen LogP contribution < -0.4 is 4.98 Å². The maximum atomic E-state index is 13.0. The lowest BCUT2D eigenvalue weighted by Gasteiger charge is -2.57. The normalized spacial score (nSPS) is 31.8. The third-order valence-corrected chi connectivity index (χ3v) is 7.78. The second-order valence-corrected chi connectivity index (χ2v) is 19.7. The highest BCUT2D eigenvalue weighted by atomic mass is 32.2. The van der Waals surface area contributed by atoms with Crippen LogP contribution >= 0.6 is 11.8 Å². The van der Waals surface area contributed by atoms with Gasteiger partial charge in [-0.3, -0.25) is 9.59 Å². The molecule has 2 rings (SSSR count). The Bertz CT molecular complexity index is 619.